The highest BCUT2D eigenvalue weighted by atomic mass is 14.9. The number of hydrogen-bond acceptors (Lipinski definition) is 1. The highest BCUT2D eigenvalue weighted by Gasteiger charge is 2.12. The molecule has 0 bridgehead atoms. The largest absolute Gasteiger partial charge is 0.310 e. The molecule has 1 heteroatoms. The molecule has 0 radical (unpaired) electrons. The Kier molecular flexibility index (Phi) is 2.69. The van der Waals surface area contributed by atoms with Crippen LogP contribution in [0.5, 0.6) is 0 Å². The molecule has 1 heterocycles. The van der Waals surface area contributed by atoms with Crippen molar-refractivity contribution in [1.82, 2.24) is 5.32 Å². The first-order valence-electron chi connectivity index (χ1n) is 5.26. The van der Waals surface area contributed by atoms with Crippen LogP contribution in [0, 0.1) is 6.92 Å². The zero-order chi connectivity index (χ0) is 9.97. The molecule has 1 unspecified atom stereocenters. The van der Waals surface area contributed by atoms with Crippen molar-refractivity contribution in [2.45, 2.75) is 26.3 Å². The molecule has 1 N–H and O–H groups in total. The van der Waals surface area contributed by atoms with E-state index in [9.17, 15) is 0 Å². The second kappa shape index (κ2) is 3.97. The van der Waals surface area contributed by atoms with Gasteiger partial charge in [-0.05, 0) is 37.0 Å². The fourth-order valence-corrected chi connectivity index (χ4v) is 2.02. The van der Waals surface area contributed by atoms with Crippen LogP contribution >= 0.6 is 0 Å². The van der Waals surface area contributed by atoms with E-state index >= 15 is 0 Å². The van der Waals surface area contributed by atoms with Crippen LogP contribution in [-0.2, 0) is 0 Å². The first-order chi connectivity index (χ1) is 6.77. The van der Waals surface area contributed by atoms with Crippen LogP contribution in [-0.4, -0.2) is 12.6 Å². The molecule has 1 aromatic carbocycles. The predicted octanol–water partition coefficient (Wildman–Crippen LogP) is 2.76. The van der Waals surface area contributed by atoms with Gasteiger partial charge in [0, 0.05) is 12.6 Å². The van der Waals surface area contributed by atoms with E-state index < -0.39 is 0 Å². The van der Waals surface area contributed by atoms with Gasteiger partial charge in [0.25, 0.3) is 0 Å². The Balaban J connectivity index is 2.31. The number of hydrogen-bond donors (Lipinski definition) is 1. The third-order valence-electron chi connectivity index (χ3n) is 2.83. The normalized spacial score (nSPS) is 21.9. The Bertz CT molecular complexity index is 352. The van der Waals surface area contributed by atoms with Gasteiger partial charge >= 0.3 is 0 Å². The summed E-state index contributed by atoms with van der Waals surface area (Å²) in [6, 6.07) is 9.23. The molecule has 0 saturated carbocycles. The maximum absolute atomic E-state index is 3.42. The molecule has 2 rings (SSSR count). The summed E-state index contributed by atoms with van der Waals surface area (Å²) in [6.07, 6.45) is 3.45. The van der Waals surface area contributed by atoms with Gasteiger partial charge in [0.1, 0.15) is 0 Å². The topological polar surface area (TPSA) is 12.0 Å². The van der Waals surface area contributed by atoms with Crippen LogP contribution in [0.3, 0.4) is 0 Å². The van der Waals surface area contributed by atoms with Crippen molar-refractivity contribution in [3.63, 3.8) is 0 Å². The molecule has 0 fully saturated rings. The smallest absolute Gasteiger partial charge is 0.0143 e. The Hall–Kier alpha value is -1.08. The molecule has 0 aromatic heterocycles. The molecule has 1 aromatic rings. The summed E-state index contributed by atoms with van der Waals surface area (Å²) in [7, 11) is 0. The molecule has 1 atom stereocenters. The van der Waals surface area contributed by atoms with Crippen molar-refractivity contribution < 1.29 is 0 Å². The van der Waals surface area contributed by atoms with E-state index in [0.29, 0.717) is 6.04 Å². The van der Waals surface area contributed by atoms with E-state index in [0.717, 1.165) is 13.0 Å². The highest BCUT2D eigenvalue weighted by molar-refractivity contribution is 5.69. The van der Waals surface area contributed by atoms with E-state index in [4.69, 9.17) is 0 Å². The Labute approximate surface area is 85.8 Å². The monoisotopic (exact) mass is 187 g/mol. The van der Waals surface area contributed by atoms with Gasteiger partial charge in [0.05, 0.1) is 0 Å². The molecule has 0 amide bonds. The van der Waals surface area contributed by atoms with Gasteiger partial charge in [-0.1, -0.05) is 30.3 Å². The van der Waals surface area contributed by atoms with E-state index in [1.165, 1.54) is 16.7 Å². The minimum Gasteiger partial charge on any atom is -0.310 e. The van der Waals surface area contributed by atoms with Crippen molar-refractivity contribution in [2.24, 2.45) is 0 Å². The van der Waals surface area contributed by atoms with Gasteiger partial charge in [0.2, 0.25) is 0 Å². The maximum Gasteiger partial charge on any atom is 0.0143 e. The summed E-state index contributed by atoms with van der Waals surface area (Å²) in [5.74, 6) is 0. The average molecular weight is 187 g/mol. The standard InChI is InChI=1S/C13H17N/c1-10-5-3-4-6-13(10)12-7-8-14-11(2)9-12/h3-7,11,14H,8-9H2,1-2H3. The van der Waals surface area contributed by atoms with Gasteiger partial charge in [-0.25, -0.2) is 0 Å². The van der Waals surface area contributed by atoms with E-state index in [1.54, 1.807) is 0 Å². The van der Waals surface area contributed by atoms with Crippen molar-refractivity contribution >= 4 is 5.57 Å². The molecule has 0 spiro atoms. The second-order valence-electron chi connectivity index (χ2n) is 4.06. The number of aryl methyl sites for hydroxylation is 1. The molecule has 0 saturated heterocycles. The Morgan fingerprint density at radius 1 is 1.29 bits per heavy atom. The fraction of sp³-hybridized carbons (Fsp3) is 0.385. The zero-order valence-electron chi connectivity index (χ0n) is 8.88. The molecule has 1 nitrogen and oxygen atoms in total. The van der Waals surface area contributed by atoms with Gasteiger partial charge in [-0.15, -0.1) is 0 Å². The van der Waals surface area contributed by atoms with Crippen molar-refractivity contribution in [3.05, 3.63) is 41.5 Å². The average Bonchev–Trinajstić information content (AvgIpc) is 2.18. The lowest BCUT2D eigenvalue weighted by molar-refractivity contribution is 0.579. The SMILES string of the molecule is Cc1ccccc1C1=CCNC(C)C1. The zero-order valence-corrected chi connectivity index (χ0v) is 8.88. The predicted molar refractivity (Wildman–Crippen MR) is 61.2 cm³/mol. The lowest BCUT2D eigenvalue weighted by Gasteiger charge is -2.21. The van der Waals surface area contributed by atoms with E-state index in [2.05, 4.69) is 49.5 Å². The number of rotatable bonds is 1. The third kappa shape index (κ3) is 1.88. The quantitative estimate of drug-likeness (QED) is 0.713. The molecule has 1 aliphatic rings. The second-order valence-corrected chi connectivity index (χ2v) is 4.06. The Morgan fingerprint density at radius 3 is 2.79 bits per heavy atom. The maximum atomic E-state index is 3.42. The Morgan fingerprint density at radius 2 is 2.07 bits per heavy atom. The minimum absolute atomic E-state index is 0.606. The van der Waals surface area contributed by atoms with Crippen LogP contribution < -0.4 is 5.32 Å². The number of benzene rings is 1. The lowest BCUT2D eigenvalue weighted by Crippen LogP contribution is -2.29. The van der Waals surface area contributed by atoms with Crippen LogP contribution in [0.25, 0.3) is 5.57 Å². The molecule has 74 valence electrons. The molecule has 0 aliphatic carbocycles. The minimum atomic E-state index is 0.606. The van der Waals surface area contributed by atoms with Gasteiger partial charge in [0.15, 0.2) is 0 Å². The fourth-order valence-electron chi connectivity index (χ4n) is 2.02. The van der Waals surface area contributed by atoms with Gasteiger partial charge in [-0.3, -0.25) is 0 Å². The summed E-state index contributed by atoms with van der Waals surface area (Å²) in [4.78, 5) is 0. The first-order valence-corrected chi connectivity index (χ1v) is 5.26. The van der Waals surface area contributed by atoms with Crippen LogP contribution in [0.1, 0.15) is 24.5 Å². The van der Waals surface area contributed by atoms with Gasteiger partial charge < -0.3 is 5.32 Å². The van der Waals surface area contributed by atoms with Crippen LogP contribution in [0.2, 0.25) is 0 Å². The summed E-state index contributed by atoms with van der Waals surface area (Å²) in [5.41, 5.74) is 4.29. The summed E-state index contributed by atoms with van der Waals surface area (Å²) >= 11 is 0. The van der Waals surface area contributed by atoms with Crippen molar-refractivity contribution in [2.75, 3.05) is 6.54 Å². The third-order valence-corrected chi connectivity index (χ3v) is 2.83. The lowest BCUT2D eigenvalue weighted by atomic mass is 9.93. The van der Waals surface area contributed by atoms with Crippen LogP contribution in [0.15, 0.2) is 30.3 Å². The molecule has 14 heavy (non-hydrogen) atoms. The highest BCUT2D eigenvalue weighted by Crippen LogP contribution is 2.24. The van der Waals surface area contributed by atoms with Crippen LogP contribution in [0.4, 0.5) is 0 Å². The summed E-state index contributed by atoms with van der Waals surface area (Å²) < 4.78 is 0. The molecular weight excluding hydrogens is 170 g/mol. The van der Waals surface area contributed by atoms with E-state index in [-0.39, 0.29) is 0 Å². The van der Waals surface area contributed by atoms with Crippen molar-refractivity contribution in [3.8, 4) is 0 Å². The molecule has 1 aliphatic heterocycles. The first kappa shape index (κ1) is 9.47. The summed E-state index contributed by atoms with van der Waals surface area (Å²) in [6.45, 7) is 5.43. The van der Waals surface area contributed by atoms with Gasteiger partial charge in [-0.2, -0.15) is 0 Å². The van der Waals surface area contributed by atoms with Crippen molar-refractivity contribution in [1.29, 1.82) is 0 Å². The summed E-state index contributed by atoms with van der Waals surface area (Å²) in [5, 5.41) is 3.42. The molecular formula is C13H17N. The van der Waals surface area contributed by atoms with E-state index in [1.807, 2.05) is 0 Å². The number of nitrogens with one attached hydrogen (secondary N) is 1.